The lowest BCUT2D eigenvalue weighted by molar-refractivity contribution is 0.232. The summed E-state index contributed by atoms with van der Waals surface area (Å²) in [7, 11) is 0. The molecule has 0 radical (unpaired) electrons. The van der Waals surface area contributed by atoms with Crippen LogP contribution in [0.5, 0.6) is 0 Å². The number of aryl methyl sites for hydroxylation is 1. The Morgan fingerprint density at radius 2 is 2.22 bits per heavy atom. The maximum atomic E-state index is 11.6. The molecule has 0 aromatic carbocycles. The summed E-state index contributed by atoms with van der Waals surface area (Å²) in [6, 6.07) is 0.337. The maximum absolute atomic E-state index is 11.6. The van der Waals surface area contributed by atoms with Crippen LogP contribution in [0.3, 0.4) is 0 Å². The molecule has 0 saturated heterocycles. The number of amides is 2. The zero-order chi connectivity index (χ0) is 12.6. The van der Waals surface area contributed by atoms with E-state index < -0.39 is 0 Å². The number of hydrogen-bond donors (Lipinski definition) is 2. The first-order valence-corrected chi connectivity index (χ1v) is 6.77. The second kappa shape index (κ2) is 7.03. The zero-order valence-corrected chi connectivity index (χ0v) is 10.7. The number of urea groups is 1. The Bertz CT molecular complexity index is 345. The fourth-order valence-corrected chi connectivity index (χ4v) is 2.33. The number of rotatable bonds is 5. The van der Waals surface area contributed by atoms with Crippen molar-refractivity contribution in [2.45, 2.75) is 51.0 Å². The van der Waals surface area contributed by atoms with Crippen LogP contribution in [0.2, 0.25) is 0 Å². The lowest BCUT2D eigenvalue weighted by Crippen LogP contribution is -2.43. The Labute approximate surface area is 107 Å². The average molecular weight is 251 g/mol. The minimum absolute atomic E-state index is 0.0350. The van der Waals surface area contributed by atoms with E-state index in [2.05, 4.69) is 15.8 Å². The molecule has 0 spiro atoms. The first kappa shape index (κ1) is 12.9. The van der Waals surface area contributed by atoms with Crippen LogP contribution in [-0.4, -0.2) is 23.8 Å². The topological polar surface area (TPSA) is 67.2 Å². The predicted octanol–water partition coefficient (Wildman–Crippen LogP) is 2.24. The van der Waals surface area contributed by atoms with Crippen molar-refractivity contribution in [3.63, 3.8) is 0 Å². The third-order valence-corrected chi connectivity index (χ3v) is 3.35. The lowest BCUT2D eigenvalue weighted by Gasteiger charge is -2.22. The summed E-state index contributed by atoms with van der Waals surface area (Å²) in [4.78, 5) is 11.6. The van der Waals surface area contributed by atoms with E-state index >= 15 is 0 Å². The minimum atomic E-state index is -0.0350. The highest BCUT2D eigenvalue weighted by molar-refractivity contribution is 5.74. The molecule has 5 nitrogen and oxygen atoms in total. The van der Waals surface area contributed by atoms with Crippen LogP contribution >= 0.6 is 0 Å². The van der Waals surface area contributed by atoms with Crippen LogP contribution in [0.15, 0.2) is 17.0 Å². The molecule has 1 fully saturated rings. The van der Waals surface area contributed by atoms with Gasteiger partial charge in [0, 0.05) is 18.2 Å². The molecule has 0 aliphatic heterocycles. The summed E-state index contributed by atoms with van der Waals surface area (Å²) in [5, 5.41) is 9.56. The Morgan fingerprint density at radius 1 is 1.39 bits per heavy atom. The number of nitrogens with one attached hydrogen (secondary N) is 2. The summed E-state index contributed by atoms with van der Waals surface area (Å²) < 4.78 is 4.74. The van der Waals surface area contributed by atoms with Gasteiger partial charge in [0.25, 0.3) is 0 Å². The van der Waals surface area contributed by atoms with Crippen molar-refractivity contribution >= 4 is 6.03 Å². The van der Waals surface area contributed by atoms with Crippen LogP contribution in [0, 0.1) is 0 Å². The van der Waals surface area contributed by atoms with E-state index in [1.54, 1.807) is 12.5 Å². The molecular formula is C13H21N3O2. The third-order valence-electron chi connectivity index (χ3n) is 3.35. The van der Waals surface area contributed by atoms with Gasteiger partial charge in [-0.1, -0.05) is 24.4 Å². The zero-order valence-electron chi connectivity index (χ0n) is 10.7. The monoisotopic (exact) mass is 251 g/mol. The Hall–Kier alpha value is -1.52. The van der Waals surface area contributed by atoms with Crippen molar-refractivity contribution in [1.29, 1.82) is 0 Å². The molecule has 2 rings (SSSR count). The van der Waals surface area contributed by atoms with Gasteiger partial charge in [0.1, 0.15) is 6.26 Å². The molecule has 1 saturated carbocycles. The van der Waals surface area contributed by atoms with Gasteiger partial charge in [0.05, 0.1) is 6.20 Å². The molecule has 1 aromatic heterocycles. The molecule has 1 aromatic rings. The van der Waals surface area contributed by atoms with Crippen molar-refractivity contribution in [1.82, 2.24) is 15.8 Å². The van der Waals surface area contributed by atoms with Crippen LogP contribution in [-0.2, 0) is 6.42 Å². The van der Waals surface area contributed by atoms with E-state index in [9.17, 15) is 4.79 Å². The Balaban J connectivity index is 1.54. The summed E-state index contributed by atoms with van der Waals surface area (Å²) in [6.45, 7) is 0.684. The van der Waals surface area contributed by atoms with Gasteiger partial charge in [-0.15, -0.1) is 0 Å². The van der Waals surface area contributed by atoms with Gasteiger partial charge in [-0.25, -0.2) is 4.79 Å². The number of carbonyl (C=O) groups excluding carboxylic acids is 1. The number of aromatic nitrogens is 1. The molecule has 1 aliphatic carbocycles. The van der Waals surface area contributed by atoms with Gasteiger partial charge in [0.15, 0.2) is 0 Å². The van der Waals surface area contributed by atoms with E-state index in [-0.39, 0.29) is 6.03 Å². The normalized spacial score (nSPS) is 16.4. The van der Waals surface area contributed by atoms with E-state index in [1.807, 2.05) is 0 Å². The van der Waals surface area contributed by atoms with Crippen LogP contribution < -0.4 is 10.6 Å². The first-order chi connectivity index (χ1) is 8.84. The second-order valence-electron chi connectivity index (χ2n) is 4.87. The maximum Gasteiger partial charge on any atom is 0.315 e. The summed E-state index contributed by atoms with van der Waals surface area (Å²) >= 11 is 0. The van der Waals surface area contributed by atoms with E-state index in [0.717, 1.165) is 31.2 Å². The van der Waals surface area contributed by atoms with Gasteiger partial charge in [-0.3, -0.25) is 0 Å². The highest BCUT2D eigenvalue weighted by Crippen LogP contribution is 2.17. The third kappa shape index (κ3) is 4.39. The molecule has 1 aliphatic rings. The first-order valence-electron chi connectivity index (χ1n) is 6.77. The minimum Gasteiger partial charge on any atom is -0.364 e. The van der Waals surface area contributed by atoms with Crippen LogP contribution in [0.4, 0.5) is 4.79 Å². The number of hydrogen-bond acceptors (Lipinski definition) is 3. The SMILES string of the molecule is O=C(NCCCc1cnoc1)NC1CCCCC1. The van der Waals surface area contributed by atoms with Crippen LogP contribution in [0.1, 0.15) is 44.1 Å². The molecule has 18 heavy (non-hydrogen) atoms. The van der Waals surface area contributed by atoms with Crippen molar-refractivity contribution in [3.05, 3.63) is 18.0 Å². The predicted molar refractivity (Wildman–Crippen MR) is 68.2 cm³/mol. The number of nitrogens with zero attached hydrogens (tertiary/aromatic N) is 1. The highest BCUT2D eigenvalue weighted by atomic mass is 16.5. The smallest absolute Gasteiger partial charge is 0.315 e. The van der Waals surface area contributed by atoms with Crippen LogP contribution in [0.25, 0.3) is 0 Å². The molecule has 2 amide bonds. The van der Waals surface area contributed by atoms with Gasteiger partial charge < -0.3 is 15.2 Å². The van der Waals surface area contributed by atoms with Crippen molar-refractivity contribution in [2.24, 2.45) is 0 Å². The molecule has 0 unspecified atom stereocenters. The molecule has 0 atom stereocenters. The van der Waals surface area contributed by atoms with Gasteiger partial charge in [-0.2, -0.15) is 0 Å². The van der Waals surface area contributed by atoms with E-state index in [1.165, 1.54) is 19.3 Å². The fraction of sp³-hybridized carbons (Fsp3) is 0.692. The lowest BCUT2D eigenvalue weighted by atomic mass is 9.96. The molecule has 0 bridgehead atoms. The largest absolute Gasteiger partial charge is 0.364 e. The average Bonchev–Trinajstić information content (AvgIpc) is 2.89. The Kier molecular flexibility index (Phi) is 5.05. The number of carbonyl (C=O) groups is 1. The molecule has 100 valence electrons. The molecular weight excluding hydrogens is 230 g/mol. The molecule has 2 N–H and O–H groups in total. The second-order valence-corrected chi connectivity index (χ2v) is 4.87. The van der Waals surface area contributed by atoms with Crippen molar-refractivity contribution < 1.29 is 9.32 Å². The molecule has 5 heteroatoms. The summed E-state index contributed by atoms with van der Waals surface area (Å²) in [5.74, 6) is 0. The van der Waals surface area contributed by atoms with Gasteiger partial charge in [-0.05, 0) is 25.7 Å². The van der Waals surface area contributed by atoms with Crippen molar-refractivity contribution in [3.8, 4) is 0 Å². The van der Waals surface area contributed by atoms with E-state index in [4.69, 9.17) is 4.52 Å². The summed E-state index contributed by atoms with van der Waals surface area (Å²) in [6.07, 6.45) is 11.1. The van der Waals surface area contributed by atoms with Gasteiger partial charge in [0.2, 0.25) is 0 Å². The fourth-order valence-electron chi connectivity index (χ4n) is 2.33. The Morgan fingerprint density at radius 3 is 2.94 bits per heavy atom. The molecule has 1 heterocycles. The van der Waals surface area contributed by atoms with Crippen molar-refractivity contribution in [2.75, 3.05) is 6.54 Å². The highest BCUT2D eigenvalue weighted by Gasteiger charge is 2.14. The standard InChI is InChI=1S/C13H21N3O2/c17-13(16-12-6-2-1-3-7-12)14-8-4-5-11-9-15-18-10-11/h9-10,12H,1-8H2,(H2,14,16,17). The quantitative estimate of drug-likeness (QED) is 0.789. The van der Waals surface area contributed by atoms with E-state index in [0.29, 0.717) is 12.6 Å². The summed E-state index contributed by atoms with van der Waals surface area (Å²) in [5.41, 5.74) is 1.07. The van der Waals surface area contributed by atoms with Gasteiger partial charge >= 0.3 is 6.03 Å².